The van der Waals surface area contributed by atoms with E-state index < -0.39 is 0 Å². The van der Waals surface area contributed by atoms with Crippen molar-refractivity contribution in [1.29, 1.82) is 0 Å². The van der Waals surface area contributed by atoms with Crippen LogP contribution in [-0.4, -0.2) is 18.0 Å². The van der Waals surface area contributed by atoms with Crippen molar-refractivity contribution in [2.45, 2.75) is 26.2 Å². The highest BCUT2D eigenvalue weighted by Crippen LogP contribution is 2.33. The molecule has 1 aliphatic heterocycles. The number of piperidine rings is 1. The fourth-order valence-corrected chi connectivity index (χ4v) is 2.61. The Hall–Kier alpha value is -1.10. The lowest BCUT2D eigenvalue weighted by molar-refractivity contribution is -0.385. The van der Waals surface area contributed by atoms with Gasteiger partial charge in [-0.15, -0.1) is 0 Å². The summed E-state index contributed by atoms with van der Waals surface area (Å²) in [6, 6.07) is 3.67. The molecule has 1 aliphatic rings. The van der Waals surface area contributed by atoms with Gasteiger partial charge in [-0.3, -0.25) is 10.1 Å². The van der Waals surface area contributed by atoms with Crippen LogP contribution >= 0.6 is 15.9 Å². The number of anilines is 1. The highest BCUT2D eigenvalue weighted by atomic mass is 79.9. The van der Waals surface area contributed by atoms with Crippen LogP contribution < -0.4 is 4.90 Å². The summed E-state index contributed by atoms with van der Waals surface area (Å²) in [5, 5.41) is 11.0. The Labute approximate surface area is 109 Å². The third-order valence-corrected chi connectivity index (χ3v) is 4.04. The van der Waals surface area contributed by atoms with E-state index >= 15 is 0 Å². The van der Waals surface area contributed by atoms with Crippen LogP contribution in [0.4, 0.5) is 11.4 Å². The molecule has 4 nitrogen and oxygen atoms in total. The van der Waals surface area contributed by atoms with Crippen LogP contribution in [0, 0.1) is 17.0 Å². The number of rotatable bonds is 2. The normalized spacial score (nSPS) is 16.0. The summed E-state index contributed by atoms with van der Waals surface area (Å²) in [5.41, 5.74) is 1.84. The monoisotopic (exact) mass is 298 g/mol. The lowest BCUT2D eigenvalue weighted by Gasteiger charge is -2.29. The highest BCUT2D eigenvalue weighted by molar-refractivity contribution is 9.10. The first-order valence-electron chi connectivity index (χ1n) is 5.79. The predicted octanol–water partition coefficient (Wildman–Crippen LogP) is 3.66. The van der Waals surface area contributed by atoms with Crippen molar-refractivity contribution in [2.75, 3.05) is 18.0 Å². The van der Waals surface area contributed by atoms with Crippen LogP contribution in [0.5, 0.6) is 0 Å². The molecule has 2 rings (SSSR count). The summed E-state index contributed by atoms with van der Waals surface area (Å²) >= 11 is 3.40. The summed E-state index contributed by atoms with van der Waals surface area (Å²) in [6.07, 6.45) is 3.59. The molecule has 1 saturated heterocycles. The molecule has 0 aromatic heterocycles. The molecule has 0 saturated carbocycles. The van der Waals surface area contributed by atoms with Crippen LogP contribution in [0.15, 0.2) is 16.6 Å². The summed E-state index contributed by atoms with van der Waals surface area (Å²) in [6.45, 7) is 3.75. The van der Waals surface area contributed by atoms with Crippen molar-refractivity contribution < 1.29 is 4.92 Å². The second-order valence-electron chi connectivity index (χ2n) is 4.38. The van der Waals surface area contributed by atoms with Crippen molar-refractivity contribution >= 4 is 27.3 Å². The van der Waals surface area contributed by atoms with Gasteiger partial charge in [0.1, 0.15) is 0 Å². The van der Waals surface area contributed by atoms with Crippen LogP contribution in [-0.2, 0) is 0 Å². The maximum absolute atomic E-state index is 11.0. The van der Waals surface area contributed by atoms with Gasteiger partial charge in [0.05, 0.1) is 4.92 Å². The molecule has 1 aromatic rings. The molecule has 1 fully saturated rings. The summed E-state index contributed by atoms with van der Waals surface area (Å²) < 4.78 is 0.812. The highest BCUT2D eigenvalue weighted by Gasteiger charge is 2.19. The summed E-state index contributed by atoms with van der Waals surface area (Å²) in [7, 11) is 0. The molecule has 1 aromatic carbocycles. The van der Waals surface area contributed by atoms with Gasteiger partial charge in [-0.2, -0.15) is 0 Å². The van der Waals surface area contributed by atoms with Crippen molar-refractivity contribution in [3.63, 3.8) is 0 Å². The molecule has 0 unspecified atom stereocenters. The second-order valence-corrected chi connectivity index (χ2v) is 5.23. The Bertz CT molecular complexity index is 442. The van der Waals surface area contributed by atoms with Crippen LogP contribution in [0.1, 0.15) is 24.8 Å². The van der Waals surface area contributed by atoms with Gasteiger partial charge in [-0.25, -0.2) is 0 Å². The molecule has 0 bridgehead atoms. The van der Waals surface area contributed by atoms with E-state index in [0.29, 0.717) is 5.56 Å². The van der Waals surface area contributed by atoms with Gasteiger partial charge < -0.3 is 4.90 Å². The molecule has 0 spiro atoms. The average molecular weight is 299 g/mol. The van der Waals surface area contributed by atoms with Gasteiger partial charge in [0.2, 0.25) is 0 Å². The summed E-state index contributed by atoms with van der Waals surface area (Å²) in [5.74, 6) is 0. The Morgan fingerprint density at radius 3 is 2.53 bits per heavy atom. The first-order chi connectivity index (χ1) is 8.09. The average Bonchev–Trinajstić information content (AvgIpc) is 2.33. The second kappa shape index (κ2) is 5.04. The van der Waals surface area contributed by atoms with Gasteiger partial charge >= 0.3 is 0 Å². The van der Waals surface area contributed by atoms with Crippen LogP contribution in [0.3, 0.4) is 0 Å². The quantitative estimate of drug-likeness (QED) is 0.618. The van der Waals surface area contributed by atoms with E-state index in [1.807, 2.05) is 6.07 Å². The van der Waals surface area contributed by atoms with E-state index in [-0.39, 0.29) is 10.6 Å². The Morgan fingerprint density at radius 1 is 1.29 bits per heavy atom. The van der Waals surface area contributed by atoms with Gasteiger partial charge in [0.25, 0.3) is 5.69 Å². The molecule has 5 heteroatoms. The van der Waals surface area contributed by atoms with Gasteiger partial charge in [0, 0.05) is 34.9 Å². The van der Waals surface area contributed by atoms with E-state index in [9.17, 15) is 10.1 Å². The van der Waals surface area contributed by atoms with E-state index in [2.05, 4.69) is 20.8 Å². The number of hydrogen-bond donors (Lipinski definition) is 0. The van der Waals surface area contributed by atoms with E-state index in [4.69, 9.17) is 0 Å². The minimum atomic E-state index is -0.312. The van der Waals surface area contributed by atoms with Crippen molar-refractivity contribution in [2.24, 2.45) is 0 Å². The first kappa shape index (κ1) is 12.4. The van der Waals surface area contributed by atoms with Crippen LogP contribution in [0.25, 0.3) is 0 Å². The molecule has 17 heavy (non-hydrogen) atoms. The van der Waals surface area contributed by atoms with Crippen molar-refractivity contribution in [1.82, 2.24) is 0 Å². The van der Waals surface area contributed by atoms with Crippen LogP contribution in [0.2, 0.25) is 0 Å². The third-order valence-electron chi connectivity index (χ3n) is 3.22. The number of nitro benzene ring substituents is 1. The van der Waals surface area contributed by atoms with Crippen molar-refractivity contribution in [3.8, 4) is 0 Å². The number of halogens is 1. The smallest absolute Gasteiger partial charge is 0.275 e. The number of nitro groups is 1. The number of nitrogens with zero attached hydrogens (tertiary/aromatic N) is 2. The molecule has 1 heterocycles. The SMILES string of the molecule is Cc1c(Br)cc(N2CCCCC2)cc1[N+](=O)[O-]. The fraction of sp³-hybridized carbons (Fsp3) is 0.500. The Kier molecular flexibility index (Phi) is 3.66. The predicted molar refractivity (Wildman–Crippen MR) is 71.6 cm³/mol. The molecule has 0 radical (unpaired) electrons. The zero-order valence-electron chi connectivity index (χ0n) is 9.78. The Balaban J connectivity index is 2.37. The number of hydrogen-bond acceptors (Lipinski definition) is 3. The lowest BCUT2D eigenvalue weighted by atomic mass is 10.1. The van der Waals surface area contributed by atoms with Gasteiger partial charge in [0.15, 0.2) is 0 Å². The lowest BCUT2D eigenvalue weighted by Crippen LogP contribution is -2.29. The zero-order chi connectivity index (χ0) is 12.4. The largest absolute Gasteiger partial charge is 0.371 e. The molecular formula is C12H15BrN2O2. The maximum atomic E-state index is 11.0. The van der Waals surface area contributed by atoms with E-state index in [1.54, 1.807) is 13.0 Å². The van der Waals surface area contributed by atoms with E-state index in [1.165, 1.54) is 19.3 Å². The molecule has 0 amide bonds. The molecule has 0 aliphatic carbocycles. The molecule has 0 atom stereocenters. The standard InChI is InChI=1S/C12H15BrN2O2/c1-9-11(13)7-10(8-12(9)15(16)17)14-5-3-2-4-6-14/h7-8H,2-6H2,1H3. The van der Waals surface area contributed by atoms with Crippen molar-refractivity contribution in [3.05, 3.63) is 32.3 Å². The zero-order valence-corrected chi connectivity index (χ0v) is 11.4. The molecule has 92 valence electrons. The van der Waals surface area contributed by atoms with Gasteiger partial charge in [-0.05, 0) is 32.3 Å². The van der Waals surface area contributed by atoms with Gasteiger partial charge in [-0.1, -0.05) is 15.9 Å². The minimum absolute atomic E-state index is 0.194. The first-order valence-corrected chi connectivity index (χ1v) is 6.58. The third kappa shape index (κ3) is 2.60. The number of benzene rings is 1. The maximum Gasteiger partial charge on any atom is 0.275 e. The molecule has 0 N–H and O–H groups in total. The van der Waals surface area contributed by atoms with E-state index in [0.717, 1.165) is 23.2 Å². The minimum Gasteiger partial charge on any atom is -0.371 e. The Morgan fingerprint density at radius 2 is 1.94 bits per heavy atom. The summed E-state index contributed by atoms with van der Waals surface area (Å²) in [4.78, 5) is 12.9. The molecular weight excluding hydrogens is 284 g/mol. The fourth-order valence-electron chi connectivity index (χ4n) is 2.17. The topological polar surface area (TPSA) is 46.4 Å².